The van der Waals surface area contributed by atoms with E-state index in [0.717, 1.165) is 19.3 Å². The molecule has 0 radical (unpaired) electrons. The second-order valence-corrected chi connectivity index (χ2v) is 8.65. The molecule has 9 heteroatoms. The average molecular weight is 508 g/mol. The predicted molar refractivity (Wildman–Crippen MR) is 132 cm³/mol. The highest BCUT2D eigenvalue weighted by Crippen LogP contribution is 2.29. The molecule has 0 saturated heterocycles. The summed E-state index contributed by atoms with van der Waals surface area (Å²) >= 11 is 6.32. The Labute approximate surface area is 211 Å². The molecule has 35 heavy (non-hydrogen) atoms. The normalized spacial score (nSPS) is 15.8. The number of esters is 1. The number of ether oxygens (including phenoxy) is 5. The molecule has 0 bridgehead atoms. The maximum Gasteiger partial charge on any atom is 0.344 e. The van der Waals surface area contributed by atoms with Gasteiger partial charge in [0.2, 0.25) is 0 Å². The van der Waals surface area contributed by atoms with Gasteiger partial charge in [0.25, 0.3) is 0 Å². The molecule has 8 nitrogen and oxygen atoms in total. The van der Waals surface area contributed by atoms with Crippen molar-refractivity contribution in [2.24, 2.45) is 0 Å². The van der Waals surface area contributed by atoms with Crippen LogP contribution in [0.15, 0.2) is 36.4 Å². The zero-order valence-electron chi connectivity index (χ0n) is 20.3. The number of nitrogens with one attached hydrogen (secondary N) is 1. The number of halogens is 1. The van der Waals surface area contributed by atoms with Crippen LogP contribution in [0.3, 0.4) is 0 Å². The summed E-state index contributed by atoms with van der Waals surface area (Å²) in [6, 6.07) is 11.4. The van der Waals surface area contributed by atoms with Crippen LogP contribution in [-0.4, -0.2) is 64.0 Å². The van der Waals surface area contributed by atoms with Gasteiger partial charge in [-0.15, -0.1) is 0 Å². The number of hydrogen-bond acceptors (Lipinski definition) is 8. The van der Waals surface area contributed by atoms with Crippen molar-refractivity contribution < 1.29 is 33.6 Å². The topological polar surface area (TPSA) is 95.5 Å². The Morgan fingerprint density at radius 3 is 2.80 bits per heavy atom. The summed E-state index contributed by atoms with van der Waals surface area (Å²) in [6.07, 6.45) is 2.01. The van der Waals surface area contributed by atoms with Crippen LogP contribution in [0.5, 0.6) is 11.5 Å². The molecule has 1 aliphatic carbocycles. The molecule has 2 atom stereocenters. The summed E-state index contributed by atoms with van der Waals surface area (Å²) in [5.41, 5.74) is 3.17. The second-order valence-electron chi connectivity index (χ2n) is 8.24. The summed E-state index contributed by atoms with van der Waals surface area (Å²) in [5.74, 6) is 0.769. The lowest BCUT2D eigenvalue weighted by Gasteiger charge is -2.27. The molecule has 1 unspecified atom stereocenters. The first kappa shape index (κ1) is 27.2. The number of hydrogen-bond donors (Lipinski definition) is 2. The fraction of sp³-hybridized carbons (Fsp3) is 0.500. The van der Waals surface area contributed by atoms with Crippen LogP contribution in [0.2, 0.25) is 5.02 Å². The van der Waals surface area contributed by atoms with Crippen molar-refractivity contribution >= 4 is 17.6 Å². The number of carbonyl (C=O) groups excluding carboxylic acids is 1. The monoisotopic (exact) mass is 507 g/mol. The zero-order chi connectivity index (χ0) is 25.0. The van der Waals surface area contributed by atoms with Gasteiger partial charge < -0.3 is 34.1 Å². The summed E-state index contributed by atoms with van der Waals surface area (Å²) < 4.78 is 26.2. The third-order valence-electron chi connectivity index (χ3n) is 5.74. The highest BCUT2D eigenvalue weighted by atomic mass is 35.5. The minimum Gasteiger partial charge on any atom is -0.482 e. The second kappa shape index (κ2) is 14.3. The lowest BCUT2D eigenvalue weighted by molar-refractivity contribution is -0.145. The van der Waals surface area contributed by atoms with E-state index in [9.17, 15) is 9.90 Å². The molecule has 0 spiro atoms. The Morgan fingerprint density at radius 2 is 2.03 bits per heavy atom. The number of fused-ring (bicyclic) bond motifs is 1. The van der Waals surface area contributed by atoms with E-state index in [1.54, 1.807) is 32.2 Å². The highest BCUT2D eigenvalue weighted by molar-refractivity contribution is 6.32. The van der Waals surface area contributed by atoms with Gasteiger partial charge >= 0.3 is 5.97 Å². The molecular formula is C26H34ClNO7. The van der Waals surface area contributed by atoms with Gasteiger partial charge in [0, 0.05) is 19.7 Å². The van der Waals surface area contributed by atoms with E-state index < -0.39 is 6.10 Å². The van der Waals surface area contributed by atoms with E-state index in [-0.39, 0.29) is 25.4 Å². The van der Waals surface area contributed by atoms with E-state index in [1.807, 2.05) is 12.1 Å². The molecule has 192 valence electrons. The summed E-state index contributed by atoms with van der Waals surface area (Å²) in [4.78, 5) is 11.5. The molecule has 2 aromatic rings. The first-order valence-electron chi connectivity index (χ1n) is 11.8. The van der Waals surface area contributed by atoms with Crippen molar-refractivity contribution in [3.05, 3.63) is 58.1 Å². The standard InChI is InChI=1S/C26H34ClNO7/c1-3-33-26(30)16-34-22-8-5-18-4-7-21(12-20(18)13-22)28-15-24(29)19-6-9-25(23(27)14-19)35-17-32-11-10-31-2/h5-6,8-9,13-14,21,24,28-29H,3-4,7,10-12,15-17H2,1-2H3/t21-,24?/m0/s1. The molecule has 0 fully saturated rings. The van der Waals surface area contributed by atoms with E-state index in [2.05, 4.69) is 11.4 Å². The van der Waals surface area contributed by atoms with Crippen molar-refractivity contribution in [2.75, 3.05) is 46.9 Å². The number of carbonyl (C=O) groups is 1. The molecule has 0 amide bonds. The number of aliphatic hydroxyl groups is 1. The molecule has 3 rings (SSSR count). The third kappa shape index (κ3) is 8.66. The molecule has 0 saturated carbocycles. The summed E-state index contributed by atoms with van der Waals surface area (Å²) in [5, 5.41) is 14.6. The lowest BCUT2D eigenvalue weighted by atomic mass is 9.88. The van der Waals surface area contributed by atoms with Crippen LogP contribution in [0, 0.1) is 0 Å². The quantitative estimate of drug-likeness (QED) is 0.228. The van der Waals surface area contributed by atoms with Crippen molar-refractivity contribution in [3.8, 4) is 11.5 Å². The van der Waals surface area contributed by atoms with E-state index in [4.69, 9.17) is 35.3 Å². The first-order valence-corrected chi connectivity index (χ1v) is 12.2. The summed E-state index contributed by atoms with van der Waals surface area (Å²) in [7, 11) is 1.61. The van der Waals surface area contributed by atoms with Crippen LogP contribution in [0.4, 0.5) is 0 Å². The zero-order valence-corrected chi connectivity index (χ0v) is 21.0. The average Bonchev–Trinajstić information content (AvgIpc) is 2.86. The van der Waals surface area contributed by atoms with Crippen LogP contribution < -0.4 is 14.8 Å². The van der Waals surface area contributed by atoms with Crippen molar-refractivity contribution in [3.63, 3.8) is 0 Å². The molecule has 0 aliphatic heterocycles. The smallest absolute Gasteiger partial charge is 0.344 e. The molecule has 0 heterocycles. The molecular weight excluding hydrogens is 474 g/mol. The van der Waals surface area contributed by atoms with Crippen molar-refractivity contribution in [1.29, 1.82) is 0 Å². The number of aryl methyl sites for hydroxylation is 1. The predicted octanol–water partition coefficient (Wildman–Crippen LogP) is 3.46. The van der Waals surface area contributed by atoms with Crippen molar-refractivity contribution in [2.45, 2.75) is 38.3 Å². The maximum absolute atomic E-state index is 11.5. The minimum absolute atomic E-state index is 0.0747. The Hall–Kier alpha value is -2.36. The number of benzene rings is 2. The SMILES string of the molecule is CCOC(=O)COc1ccc2c(c1)C[C@@H](NCC(O)c1ccc(OCOCCOC)c(Cl)c1)CC2. The van der Waals surface area contributed by atoms with Gasteiger partial charge in [-0.25, -0.2) is 4.79 Å². The number of aliphatic hydroxyl groups excluding tert-OH is 1. The fourth-order valence-electron chi connectivity index (χ4n) is 3.89. The van der Waals surface area contributed by atoms with E-state index in [1.165, 1.54) is 11.1 Å². The van der Waals surface area contributed by atoms with Crippen LogP contribution in [-0.2, 0) is 31.8 Å². The molecule has 2 aromatic carbocycles. The first-order chi connectivity index (χ1) is 17.0. The van der Waals surface area contributed by atoms with Gasteiger partial charge in [0.05, 0.1) is 30.9 Å². The minimum atomic E-state index is -0.708. The Kier molecular flexibility index (Phi) is 11.1. The number of methoxy groups -OCH3 is 1. The molecule has 0 aromatic heterocycles. The van der Waals surface area contributed by atoms with Gasteiger partial charge in [-0.05, 0) is 67.1 Å². The van der Waals surface area contributed by atoms with Gasteiger partial charge in [0.1, 0.15) is 11.5 Å². The van der Waals surface area contributed by atoms with E-state index in [0.29, 0.717) is 48.5 Å². The van der Waals surface area contributed by atoms with Crippen LogP contribution in [0.1, 0.15) is 36.1 Å². The Bertz CT molecular complexity index is 955. The Balaban J connectivity index is 1.47. The van der Waals surface area contributed by atoms with E-state index >= 15 is 0 Å². The van der Waals surface area contributed by atoms with Gasteiger partial charge in [-0.3, -0.25) is 0 Å². The molecule has 2 N–H and O–H groups in total. The maximum atomic E-state index is 11.5. The number of rotatable bonds is 14. The largest absolute Gasteiger partial charge is 0.482 e. The van der Waals surface area contributed by atoms with Crippen LogP contribution >= 0.6 is 11.6 Å². The van der Waals surface area contributed by atoms with Crippen LogP contribution in [0.25, 0.3) is 0 Å². The van der Waals surface area contributed by atoms with Crippen molar-refractivity contribution in [1.82, 2.24) is 5.32 Å². The Morgan fingerprint density at radius 1 is 1.17 bits per heavy atom. The van der Waals surface area contributed by atoms with Gasteiger partial charge in [-0.2, -0.15) is 0 Å². The lowest BCUT2D eigenvalue weighted by Crippen LogP contribution is -2.37. The fourth-order valence-corrected chi connectivity index (χ4v) is 4.13. The summed E-state index contributed by atoms with van der Waals surface area (Å²) in [6.45, 7) is 3.40. The third-order valence-corrected chi connectivity index (χ3v) is 6.03. The molecule has 1 aliphatic rings. The van der Waals surface area contributed by atoms with Gasteiger partial charge in [0.15, 0.2) is 13.4 Å². The highest BCUT2D eigenvalue weighted by Gasteiger charge is 2.20. The van der Waals surface area contributed by atoms with Gasteiger partial charge in [-0.1, -0.05) is 23.7 Å².